The summed E-state index contributed by atoms with van der Waals surface area (Å²) in [6.45, 7) is 1.78. The van der Waals surface area contributed by atoms with Crippen LogP contribution < -0.4 is 0 Å². The van der Waals surface area contributed by atoms with Gasteiger partial charge in [0.1, 0.15) is 22.4 Å². The minimum absolute atomic E-state index is 0.0579. The fraction of sp³-hybridized carbons (Fsp3) is 0.111. The Labute approximate surface area is 166 Å². The largest absolute Gasteiger partial charge is 0.510 e. The van der Waals surface area contributed by atoms with Gasteiger partial charge in [-0.05, 0) is 30.5 Å². The molecule has 27 heavy (non-hydrogen) atoms. The highest BCUT2D eigenvalue weighted by Crippen LogP contribution is 2.34. The van der Waals surface area contributed by atoms with Crippen molar-refractivity contribution >= 4 is 50.2 Å². The van der Waals surface area contributed by atoms with Gasteiger partial charge in [0.05, 0.1) is 20.3 Å². The molecule has 0 radical (unpaired) electrons. The molecule has 0 bridgehead atoms. The van der Waals surface area contributed by atoms with E-state index in [-0.39, 0.29) is 11.3 Å². The number of thiazole rings is 1. The molecule has 0 fully saturated rings. The summed E-state index contributed by atoms with van der Waals surface area (Å²) in [5, 5.41) is 30.5. The van der Waals surface area contributed by atoms with E-state index in [0.29, 0.717) is 16.1 Å². The van der Waals surface area contributed by atoms with Crippen molar-refractivity contribution in [2.75, 3.05) is 0 Å². The van der Waals surface area contributed by atoms with Crippen molar-refractivity contribution in [1.29, 1.82) is 5.26 Å². The molecule has 1 atom stereocenters. The van der Waals surface area contributed by atoms with Gasteiger partial charge in [0.15, 0.2) is 0 Å². The molecule has 3 aromatic heterocycles. The zero-order chi connectivity index (χ0) is 18.8. The molecule has 0 saturated carbocycles. The average Bonchev–Trinajstić information content (AvgIpc) is 3.42. The predicted molar refractivity (Wildman–Crippen MR) is 108 cm³/mol. The third kappa shape index (κ3) is 3.60. The molecule has 1 aromatic carbocycles. The lowest BCUT2D eigenvalue weighted by molar-refractivity contribution is 0.400. The van der Waals surface area contributed by atoms with Crippen molar-refractivity contribution in [3.63, 3.8) is 0 Å². The predicted octanol–water partition coefficient (Wildman–Crippen LogP) is 5.38. The number of thioether (sulfide) groups is 1. The van der Waals surface area contributed by atoms with Crippen molar-refractivity contribution in [1.82, 2.24) is 15.2 Å². The minimum atomic E-state index is -0.441. The lowest BCUT2D eigenvalue weighted by atomic mass is 10.2. The van der Waals surface area contributed by atoms with E-state index in [4.69, 9.17) is 4.42 Å². The molecule has 1 N–H and O–H groups in total. The number of allylic oxidation sites excluding steroid dienone is 1. The minimum Gasteiger partial charge on any atom is -0.510 e. The van der Waals surface area contributed by atoms with Crippen molar-refractivity contribution in [2.45, 2.75) is 17.4 Å². The first-order chi connectivity index (χ1) is 13.2. The smallest absolute Gasteiger partial charge is 0.277 e. The van der Waals surface area contributed by atoms with Gasteiger partial charge in [0.25, 0.3) is 11.1 Å². The van der Waals surface area contributed by atoms with Gasteiger partial charge in [-0.15, -0.1) is 32.9 Å². The summed E-state index contributed by atoms with van der Waals surface area (Å²) in [5.74, 6) is 0.382. The number of nitriles is 1. The molecule has 4 rings (SSSR count). The van der Waals surface area contributed by atoms with Gasteiger partial charge in [-0.3, -0.25) is 0 Å². The molecule has 9 heteroatoms. The van der Waals surface area contributed by atoms with Crippen LogP contribution in [0.15, 0.2) is 57.2 Å². The van der Waals surface area contributed by atoms with E-state index in [1.807, 2.05) is 41.8 Å². The Kier molecular flexibility index (Phi) is 4.94. The van der Waals surface area contributed by atoms with Crippen LogP contribution in [0.25, 0.3) is 26.6 Å². The number of para-hydroxylation sites is 1. The number of rotatable bonds is 5. The highest BCUT2D eigenvalue weighted by molar-refractivity contribution is 7.99. The van der Waals surface area contributed by atoms with E-state index >= 15 is 0 Å². The number of aliphatic hydroxyl groups is 1. The molecular formula is C18H12N4O2S3. The third-order valence-corrected chi connectivity index (χ3v) is 6.53. The van der Waals surface area contributed by atoms with E-state index in [0.717, 1.165) is 15.1 Å². The summed E-state index contributed by atoms with van der Waals surface area (Å²) in [7, 11) is 0. The maximum Gasteiger partial charge on any atom is 0.277 e. The van der Waals surface area contributed by atoms with Crippen LogP contribution >= 0.6 is 34.4 Å². The molecule has 0 spiro atoms. The molecular weight excluding hydrogens is 400 g/mol. The van der Waals surface area contributed by atoms with Crippen LogP contribution in [0, 0.1) is 11.3 Å². The Hall–Kier alpha value is -2.67. The zero-order valence-corrected chi connectivity index (χ0v) is 16.4. The molecule has 0 aliphatic carbocycles. The maximum absolute atomic E-state index is 10.6. The second-order valence-electron chi connectivity index (χ2n) is 5.47. The molecule has 0 aliphatic rings. The lowest BCUT2D eigenvalue weighted by Crippen LogP contribution is -2.04. The molecule has 0 aliphatic heterocycles. The Morgan fingerprint density at radius 3 is 2.85 bits per heavy atom. The van der Waals surface area contributed by atoms with Crippen LogP contribution in [0.2, 0.25) is 0 Å². The first-order valence-electron chi connectivity index (χ1n) is 7.89. The number of hydrogen-bond donors (Lipinski definition) is 1. The van der Waals surface area contributed by atoms with Gasteiger partial charge in [-0.25, -0.2) is 4.98 Å². The van der Waals surface area contributed by atoms with Crippen molar-refractivity contribution < 1.29 is 9.52 Å². The van der Waals surface area contributed by atoms with Gasteiger partial charge < -0.3 is 9.52 Å². The number of aliphatic hydroxyl groups excluding tert-OH is 1. The molecule has 3 heterocycles. The Bertz CT molecular complexity index is 1120. The topological polar surface area (TPSA) is 95.8 Å². The normalized spacial score (nSPS) is 13.3. The molecule has 0 saturated heterocycles. The van der Waals surface area contributed by atoms with Gasteiger partial charge in [0, 0.05) is 0 Å². The van der Waals surface area contributed by atoms with Crippen LogP contribution in [0.3, 0.4) is 0 Å². The summed E-state index contributed by atoms with van der Waals surface area (Å²) in [6, 6.07) is 13.5. The molecule has 4 aromatic rings. The van der Waals surface area contributed by atoms with E-state index < -0.39 is 5.25 Å². The third-order valence-electron chi connectivity index (χ3n) is 3.68. The highest BCUT2D eigenvalue weighted by Gasteiger charge is 2.21. The quantitative estimate of drug-likeness (QED) is 0.267. The number of thiophene rings is 1. The number of nitrogens with zero attached hydrogens (tertiary/aromatic N) is 4. The van der Waals surface area contributed by atoms with Crippen LogP contribution in [0.4, 0.5) is 0 Å². The first kappa shape index (κ1) is 17.7. The molecule has 0 amide bonds. The summed E-state index contributed by atoms with van der Waals surface area (Å²) in [5.41, 5.74) is 0.963. The van der Waals surface area contributed by atoms with Crippen LogP contribution in [-0.4, -0.2) is 25.5 Å². The van der Waals surface area contributed by atoms with E-state index in [1.54, 1.807) is 6.92 Å². The average molecular weight is 413 g/mol. The Morgan fingerprint density at radius 1 is 1.26 bits per heavy atom. The molecule has 6 nitrogen and oxygen atoms in total. The fourth-order valence-electron chi connectivity index (χ4n) is 2.36. The zero-order valence-electron chi connectivity index (χ0n) is 14.0. The van der Waals surface area contributed by atoms with E-state index in [1.165, 1.54) is 34.4 Å². The van der Waals surface area contributed by atoms with Crippen molar-refractivity contribution in [3.8, 4) is 16.8 Å². The number of aromatic nitrogens is 3. The summed E-state index contributed by atoms with van der Waals surface area (Å²) >= 11 is 4.08. The number of fused-ring (bicyclic) bond motifs is 1. The Balaban J connectivity index is 1.59. The second kappa shape index (κ2) is 7.52. The SMILES string of the molecule is CC(Sc1nnc(-c2cccs2)o1)/C(O)=C(\C#N)c1nc2ccccc2s1. The van der Waals surface area contributed by atoms with E-state index in [2.05, 4.69) is 21.3 Å². The standard InChI is InChI=1S/C18H12N4O2S3/c1-10(26-18-22-21-16(24-18)14-7-4-8-25-14)15(23)11(9-19)17-20-12-5-2-3-6-13(12)27-17/h2-8,10,23H,1H3/b15-11-. The number of benzene rings is 1. The monoisotopic (exact) mass is 412 g/mol. The van der Waals surface area contributed by atoms with Gasteiger partial charge in [0.2, 0.25) is 0 Å². The van der Waals surface area contributed by atoms with Crippen LogP contribution in [0.5, 0.6) is 0 Å². The molecule has 1 unspecified atom stereocenters. The van der Waals surface area contributed by atoms with E-state index in [9.17, 15) is 10.4 Å². The fourth-order valence-corrected chi connectivity index (χ4v) is 4.72. The summed E-state index contributed by atoms with van der Waals surface area (Å²) in [4.78, 5) is 5.33. The van der Waals surface area contributed by atoms with Gasteiger partial charge in [-0.2, -0.15) is 5.26 Å². The molecule has 134 valence electrons. The maximum atomic E-state index is 10.6. The summed E-state index contributed by atoms with van der Waals surface area (Å²) in [6.07, 6.45) is 0. The Morgan fingerprint density at radius 2 is 2.11 bits per heavy atom. The van der Waals surface area contributed by atoms with Gasteiger partial charge >= 0.3 is 0 Å². The first-order valence-corrected chi connectivity index (χ1v) is 10.5. The second-order valence-corrected chi connectivity index (χ2v) is 8.74. The lowest BCUT2D eigenvalue weighted by Gasteiger charge is -2.08. The summed E-state index contributed by atoms with van der Waals surface area (Å²) < 4.78 is 6.60. The number of hydrogen-bond acceptors (Lipinski definition) is 9. The highest BCUT2D eigenvalue weighted by atomic mass is 32.2. The van der Waals surface area contributed by atoms with Crippen molar-refractivity contribution in [3.05, 3.63) is 52.5 Å². The van der Waals surface area contributed by atoms with Gasteiger partial charge in [-0.1, -0.05) is 30.0 Å². The van der Waals surface area contributed by atoms with Crippen LogP contribution in [0.1, 0.15) is 11.9 Å². The van der Waals surface area contributed by atoms with Crippen LogP contribution in [-0.2, 0) is 0 Å². The van der Waals surface area contributed by atoms with Crippen molar-refractivity contribution in [2.24, 2.45) is 0 Å².